The van der Waals surface area contributed by atoms with E-state index in [1.54, 1.807) is 24.9 Å². The molecule has 26 heteroatoms. The zero-order valence-electron chi connectivity index (χ0n) is 39.7. The minimum Gasteiger partial charge on any atom is -0.497 e. The molecular weight excluding hydrogens is 1010 g/mol. The summed E-state index contributed by atoms with van der Waals surface area (Å²) in [6.07, 6.45) is -9.11. The number of nitrogens with one attached hydrogen (secondary N) is 4. The number of amides is 2. The molecule has 20 nitrogen and oxygen atoms in total. The van der Waals surface area contributed by atoms with Crippen molar-refractivity contribution in [2.24, 2.45) is 0 Å². The van der Waals surface area contributed by atoms with Gasteiger partial charge in [0.25, 0.3) is 11.1 Å². The van der Waals surface area contributed by atoms with Gasteiger partial charge in [0.15, 0.2) is 0 Å². The van der Waals surface area contributed by atoms with E-state index in [-0.39, 0.29) is 30.6 Å². The van der Waals surface area contributed by atoms with Crippen LogP contribution in [0.4, 0.5) is 26.3 Å². The molecule has 7 N–H and O–H groups in total. The van der Waals surface area contributed by atoms with Crippen LogP contribution >= 0.6 is 0 Å². The van der Waals surface area contributed by atoms with Crippen molar-refractivity contribution in [1.82, 2.24) is 29.7 Å². The number of aliphatic hydroxyl groups is 3. The van der Waals surface area contributed by atoms with Gasteiger partial charge in [-0.3, -0.25) is 38.3 Å². The molecule has 2 aliphatic heterocycles. The van der Waals surface area contributed by atoms with Crippen molar-refractivity contribution in [3.8, 4) is 11.5 Å². The number of H-pyrrole nitrogens is 2. The predicted octanol–water partition coefficient (Wildman–Crippen LogP) is 2.77. The number of benzene rings is 3. The second-order valence-electron chi connectivity index (χ2n) is 16.6. The number of aromatic amines is 2. The van der Waals surface area contributed by atoms with Gasteiger partial charge in [-0.2, -0.15) is 26.3 Å². The molecule has 7 rings (SSSR count). The Kier molecular flexibility index (Phi) is 18.6. The second-order valence-corrected chi connectivity index (χ2v) is 16.6. The van der Waals surface area contributed by atoms with Gasteiger partial charge in [-0.05, 0) is 41.0 Å². The van der Waals surface area contributed by atoms with Crippen molar-refractivity contribution in [2.45, 2.75) is 67.7 Å². The third-order valence-corrected chi connectivity index (χ3v) is 11.7. The summed E-state index contributed by atoms with van der Waals surface area (Å²) in [5.74, 6) is -2.97. The third-order valence-electron chi connectivity index (χ3n) is 11.7. The minimum absolute atomic E-state index is 0.00196. The summed E-state index contributed by atoms with van der Waals surface area (Å²) in [4.78, 5) is 74.7. The Hall–Kier alpha value is -7.62. The second kappa shape index (κ2) is 24.6. The van der Waals surface area contributed by atoms with Crippen molar-refractivity contribution in [3.05, 3.63) is 173 Å². The van der Waals surface area contributed by atoms with Gasteiger partial charge in [0.05, 0.1) is 50.8 Å². The van der Waals surface area contributed by atoms with Crippen LogP contribution in [-0.2, 0) is 29.4 Å². The number of nitrogens with zero attached hydrogens (tertiary/aromatic N) is 2. The molecule has 0 radical (unpaired) electrons. The smallest absolute Gasteiger partial charge is 0.471 e. The normalized spacial score (nSPS) is 19.9. The van der Waals surface area contributed by atoms with Gasteiger partial charge < -0.3 is 49.6 Å². The Bertz CT molecular complexity index is 3000. The molecule has 5 aromatic rings. The summed E-state index contributed by atoms with van der Waals surface area (Å²) in [6, 6.07) is 24.3. The number of alkyl halides is 6. The van der Waals surface area contributed by atoms with Crippen molar-refractivity contribution in [2.75, 3.05) is 40.5 Å². The van der Waals surface area contributed by atoms with Crippen LogP contribution in [0.1, 0.15) is 53.1 Å². The quantitative estimate of drug-likeness (QED) is 0.0522. The molecule has 6 atom stereocenters. The van der Waals surface area contributed by atoms with E-state index in [4.69, 9.17) is 28.8 Å². The molecule has 6 unspecified atom stereocenters. The lowest BCUT2D eigenvalue weighted by Gasteiger charge is -2.37. The Morgan fingerprint density at radius 1 is 0.653 bits per heavy atom. The molecular formula is C49H50F6N6O14. The van der Waals surface area contributed by atoms with Crippen LogP contribution in [0.5, 0.6) is 11.5 Å². The zero-order valence-corrected chi connectivity index (χ0v) is 39.7. The van der Waals surface area contributed by atoms with Gasteiger partial charge >= 0.3 is 35.5 Å². The minimum atomic E-state index is -5.05. The highest BCUT2D eigenvalue weighted by molar-refractivity contribution is 5.82. The average molecular weight is 1060 g/mol. The molecule has 0 saturated carbocycles. The number of aliphatic hydroxyl groups excluding tert-OH is 3. The van der Waals surface area contributed by atoms with E-state index in [2.05, 4.69) is 4.98 Å². The summed E-state index contributed by atoms with van der Waals surface area (Å²) in [6.45, 7) is -1.58. The lowest BCUT2D eigenvalue weighted by atomic mass is 9.80. The summed E-state index contributed by atoms with van der Waals surface area (Å²) >= 11 is 0. The maximum absolute atomic E-state index is 12.8. The fourth-order valence-electron chi connectivity index (χ4n) is 7.91. The first kappa shape index (κ1) is 56.7. The van der Waals surface area contributed by atoms with Gasteiger partial charge in [0.1, 0.15) is 41.8 Å². The van der Waals surface area contributed by atoms with Crippen LogP contribution in [0.25, 0.3) is 12.2 Å². The van der Waals surface area contributed by atoms with Crippen LogP contribution in [0.3, 0.4) is 0 Å². The number of carbonyl (C=O) groups excluding carboxylic acids is 2. The highest BCUT2D eigenvalue weighted by atomic mass is 19.4. The molecule has 2 amide bonds. The third kappa shape index (κ3) is 14.0. The van der Waals surface area contributed by atoms with Gasteiger partial charge in [0, 0.05) is 38.3 Å². The van der Waals surface area contributed by atoms with Crippen molar-refractivity contribution in [1.29, 1.82) is 0 Å². The SMILES string of the molecule is COc1ccc(C(OCC2OC(n3cc(/C=C/CNC(=O)C(F)(F)F)c(=O)[nH]c3=O)CC2O)(c2ccccc2)c2ccc(OC)cc2)cc1.O=C(NC/C=C/c1cn(C2CC(O)C(CO)O2)c(=O)[nH]c1=O)C(F)(F)F. The molecule has 0 aliphatic carbocycles. The maximum atomic E-state index is 12.8. The molecule has 4 heterocycles. The van der Waals surface area contributed by atoms with Gasteiger partial charge in [-0.25, -0.2) is 9.59 Å². The average Bonchev–Trinajstić information content (AvgIpc) is 3.95. The molecule has 0 bridgehead atoms. The molecule has 75 heavy (non-hydrogen) atoms. The standard InChI is InChI=1S/C35H34F3N3O8.C14H16F3N3O6/c1-46-26-14-10-24(11-15-26)34(23-8-4-3-5-9-23,25-12-16-27(47-2)17-13-25)48-21-29-28(42)19-30(49-29)41-20-22(31(43)40-33(41)45)7-6-18-39-32(44)35(36,37)38;15-14(16,17)12(24)18-3-1-2-7-5-20(13(25)19-11(7)23)10-4-8(22)9(6-21)26-10/h3-17,20,28-30,42H,18-19,21H2,1-2H3,(H,39,44)(H,40,43,45);1-2,5,8-10,21-22H,3-4,6H2,(H,18,24)(H,19,23,25)/b7-6+;2-1+. The van der Waals surface area contributed by atoms with Crippen molar-refractivity contribution >= 4 is 24.0 Å². The highest BCUT2D eigenvalue weighted by Crippen LogP contribution is 2.43. The van der Waals surface area contributed by atoms with E-state index < -0.39 is 109 Å². The molecule has 2 fully saturated rings. The molecule has 2 aromatic heterocycles. The monoisotopic (exact) mass is 1060 g/mol. The van der Waals surface area contributed by atoms with E-state index in [1.165, 1.54) is 6.20 Å². The number of aromatic nitrogens is 4. The Labute approximate surface area is 420 Å². The number of methoxy groups -OCH3 is 2. The first-order chi connectivity index (χ1) is 35.6. The lowest BCUT2D eigenvalue weighted by Crippen LogP contribution is -2.38. The summed E-state index contributed by atoms with van der Waals surface area (Å²) in [5, 5.41) is 33.1. The van der Waals surface area contributed by atoms with E-state index in [9.17, 15) is 65.3 Å². The summed E-state index contributed by atoms with van der Waals surface area (Å²) in [5.41, 5.74) is -2.27. The Morgan fingerprint density at radius 2 is 1.05 bits per heavy atom. The lowest BCUT2D eigenvalue weighted by molar-refractivity contribution is -0.173. The van der Waals surface area contributed by atoms with Crippen LogP contribution in [0, 0.1) is 0 Å². The fraction of sp³-hybridized carbons (Fsp3) is 0.347. The number of rotatable bonds is 17. The van der Waals surface area contributed by atoms with E-state index in [1.807, 2.05) is 83.8 Å². The van der Waals surface area contributed by atoms with E-state index >= 15 is 0 Å². The molecule has 2 aliphatic rings. The summed E-state index contributed by atoms with van der Waals surface area (Å²) in [7, 11) is 3.14. The Morgan fingerprint density at radius 3 is 1.44 bits per heavy atom. The first-order valence-corrected chi connectivity index (χ1v) is 22.6. The topological polar surface area (TPSA) is 275 Å². The van der Waals surface area contributed by atoms with Crippen molar-refractivity contribution < 1.29 is 74.9 Å². The van der Waals surface area contributed by atoms with Gasteiger partial charge in [-0.15, -0.1) is 0 Å². The molecule has 2 saturated heterocycles. The number of ether oxygens (including phenoxy) is 5. The predicted molar refractivity (Wildman–Crippen MR) is 253 cm³/mol. The van der Waals surface area contributed by atoms with Crippen molar-refractivity contribution in [3.63, 3.8) is 0 Å². The van der Waals surface area contributed by atoms with Crippen LogP contribution in [0.15, 0.2) is 123 Å². The van der Waals surface area contributed by atoms with Crippen LogP contribution < -0.4 is 42.6 Å². The molecule has 0 spiro atoms. The van der Waals surface area contributed by atoms with Gasteiger partial charge in [-0.1, -0.05) is 78.9 Å². The molecule has 402 valence electrons. The zero-order chi connectivity index (χ0) is 54.7. The first-order valence-electron chi connectivity index (χ1n) is 22.6. The Balaban J connectivity index is 0.000000296. The van der Waals surface area contributed by atoms with Crippen LogP contribution in [0.2, 0.25) is 0 Å². The number of halogens is 6. The molecule has 3 aromatic carbocycles. The maximum Gasteiger partial charge on any atom is 0.471 e. The van der Waals surface area contributed by atoms with Gasteiger partial charge in [0.2, 0.25) is 0 Å². The fourth-order valence-corrected chi connectivity index (χ4v) is 7.91. The van der Waals surface area contributed by atoms with Crippen LogP contribution in [-0.4, -0.2) is 124 Å². The number of hydrogen-bond donors (Lipinski definition) is 7. The van der Waals surface area contributed by atoms with E-state index in [0.717, 1.165) is 56.3 Å². The largest absolute Gasteiger partial charge is 0.497 e. The van der Waals surface area contributed by atoms with E-state index in [0.29, 0.717) is 11.5 Å². The number of hydrogen-bond acceptors (Lipinski definition) is 14. The summed E-state index contributed by atoms with van der Waals surface area (Å²) < 4.78 is 105. The highest BCUT2D eigenvalue weighted by Gasteiger charge is 2.43. The number of carbonyl (C=O) groups is 2.